The first-order valence-corrected chi connectivity index (χ1v) is 7.23. The van der Waals surface area contributed by atoms with Crippen molar-refractivity contribution in [2.24, 2.45) is 0 Å². The third-order valence-electron chi connectivity index (χ3n) is 4.15. The Balaban J connectivity index is 0.00000121. The summed E-state index contributed by atoms with van der Waals surface area (Å²) in [6.45, 7) is 8.98. The van der Waals surface area contributed by atoms with Gasteiger partial charge < -0.3 is 0 Å². The van der Waals surface area contributed by atoms with Crippen LogP contribution in [0.2, 0.25) is 0 Å². The molecule has 0 N–H and O–H groups in total. The van der Waals surface area contributed by atoms with Crippen molar-refractivity contribution in [2.45, 2.75) is 38.5 Å². The summed E-state index contributed by atoms with van der Waals surface area (Å²) < 4.78 is 0. The van der Waals surface area contributed by atoms with Crippen LogP contribution in [-0.4, -0.2) is 0 Å². The molecule has 1 aliphatic rings. The van der Waals surface area contributed by atoms with Crippen molar-refractivity contribution in [1.29, 1.82) is 0 Å². The largest absolute Gasteiger partial charge is 0.189 e. The van der Waals surface area contributed by atoms with Gasteiger partial charge in [-0.15, -0.1) is 35.8 Å². The number of hydrogen-bond donors (Lipinski definition) is 0. The fourth-order valence-electron chi connectivity index (χ4n) is 2.84. The molecule has 0 fully saturated rings. The molecule has 1 aliphatic carbocycles. The summed E-state index contributed by atoms with van der Waals surface area (Å²) in [6.07, 6.45) is 5.94. The third kappa shape index (κ3) is 3.63. The van der Waals surface area contributed by atoms with E-state index in [9.17, 15) is 0 Å². The van der Waals surface area contributed by atoms with E-state index >= 15 is 0 Å². The van der Waals surface area contributed by atoms with Gasteiger partial charge in [0, 0.05) is 26.2 Å². The zero-order valence-electron chi connectivity index (χ0n) is 13.6. The molecule has 0 nitrogen and oxygen atoms in total. The first-order chi connectivity index (χ1) is 9.38. The van der Waals surface area contributed by atoms with Crippen LogP contribution in [0.15, 0.2) is 48.5 Å². The Bertz CT molecular complexity index is 717. The average Bonchev–Trinajstić information content (AvgIpc) is 2.75. The van der Waals surface area contributed by atoms with Crippen molar-refractivity contribution in [3.05, 3.63) is 70.1 Å². The molecule has 0 bridgehead atoms. The molecule has 3 rings (SSSR count). The van der Waals surface area contributed by atoms with Crippen molar-refractivity contribution in [3.63, 3.8) is 0 Å². The van der Waals surface area contributed by atoms with Crippen molar-refractivity contribution in [3.8, 4) is 0 Å². The molecule has 0 aromatic heterocycles. The molecule has 114 valence electrons. The molecule has 2 aromatic carbocycles. The Labute approximate surface area is 158 Å². The predicted molar refractivity (Wildman–Crippen MR) is 93.3 cm³/mol. The molecule has 22 heavy (non-hydrogen) atoms. The predicted octanol–water partition coefficient (Wildman–Crippen LogP) is 3.81. The van der Waals surface area contributed by atoms with Crippen LogP contribution in [0.1, 0.15) is 38.8 Å². The van der Waals surface area contributed by atoms with E-state index < -0.39 is 0 Å². The van der Waals surface area contributed by atoms with Crippen LogP contribution in [0.5, 0.6) is 0 Å². The number of benzene rings is 2. The number of fused-ring (bicyclic) bond motifs is 1. The van der Waals surface area contributed by atoms with Gasteiger partial charge in [-0.1, -0.05) is 58.0 Å². The van der Waals surface area contributed by atoms with Gasteiger partial charge in [0.2, 0.25) is 0 Å². The SMILES string of the molecule is CC(C)(C)c1ccc(C2(C)[C-]=c3ccccc3=C2)cc1.Cl.[Zr]. The Hall–Kier alpha value is -0.647. The van der Waals surface area contributed by atoms with E-state index in [4.69, 9.17) is 0 Å². The van der Waals surface area contributed by atoms with Crippen molar-refractivity contribution >= 4 is 24.6 Å². The zero-order chi connectivity index (χ0) is 14.4. The maximum atomic E-state index is 3.63. The van der Waals surface area contributed by atoms with Crippen LogP contribution < -0.4 is 10.4 Å². The van der Waals surface area contributed by atoms with Gasteiger partial charge in [-0.2, -0.15) is 17.4 Å². The molecule has 0 spiro atoms. The normalized spacial score (nSPS) is 19.1. The molecular weight excluding hydrogens is 367 g/mol. The molecule has 0 heterocycles. The zero-order valence-corrected chi connectivity index (χ0v) is 16.9. The van der Waals surface area contributed by atoms with Crippen LogP contribution in [0, 0.1) is 0 Å². The summed E-state index contributed by atoms with van der Waals surface area (Å²) >= 11 is 0. The summed E-state index contributed by atoms with van der Waals surface area (Å²) in [5, 5.41) is 2.50. The first-order valence-electron chi connectivity index (χ1n) is 7.23. The molecule has 0 saturated carbocycles. The van der Waals surface area contributed by atoms with Crippen molar-refractivity contribution in [1.82, 2.24) is 0 Å². The Morgan fingerprint density at radius 1 is 0.909 bits per heavy atom. The van der Waals surface area contributed by atoms with Gasteiger partial charge in [-0.3, -0.25) is 0 Å². The van der Waals surface area contributed by atoms with E-state index in [-0.39, 0.29) is 49.4 Å². The first kappa shape index (κ1) is 19.4. The van der Waals surface area contributed by atoms with E-state index in [1.807, 2.05) is 0 Å². The molecule has 0 aliphatic heterocycles. The molecular formula is C20H22ClZr-. The topological polar surface area (TPSA) is 0 Å². The Kier molecular flexibility index (Phi) is 6.04. The number of halogens is 1. The average molecular weight is 389 g/mol. The van der Waals surface area contributed by atoms with Crippen molar-refractivity contribution < 1.29 is 26.2 Å². The second-order valence-corrected chi connectivity index (χ2v) is 6.89. The summed E-state index contributed by atoms with van der Waals surface area (Å²) in [5.41, 5.74) is 2.78. The monoisotopic (exact) mass is 387 g/mol. The molecule has 1 unspecified atom stereocenters. The fraction of sp³-hybridized carbons (Fsp3) is 0.300. The molecule has 0 saturated heterocycles. The Morgan fingerprint density at radius 2 is 1.50 bits per heavy atom. The maximum Gasteiger partial charge on any atom is 0 e. The fourth-order valence-corrected chi connectivity index (χ4v) is 2.84. The van der Waals surface area contributed by atoms with Crippen molar-refractivity contribution in [2.75, 3.05) is 0 Å². The summed E-state index contributed by atoms with van der Waals surface area (Å²) in [7, 11) is 0. The van der Waals surface area contributed by atoms with Gasteiger partial charge >= 0.3 is 0 Å². The number of rotatable bonds is 1. The van der Waals surface area contributed by atoms with Crippen LogP contribution in [0.4, 0.5) is 0 Å². The Morgan fingerprint density at radius 3 is 2.05 bits per heavy atom. The van der Waals surface area contributed by atoms with E-state index in [2.05, 4.69) is 88.4 Å². The number of hydrogen-bond acceptors (Lipinski definition) is 0. The van der Waals surface area contributed by atoms with E-state index in [1.54, 1.807) is 0 Å². The van der Waals surface area contributed by atoms with E-state index in [0.717, 1.165) is 0 Å². The van der Waals surface area contributed by atoms with Gasteiger partial charge in [0.15, 0.2) is 0 Å². The summed E-state index contributed by atoms with van der Waals surface area (Å²) in [5.74, 6) is 0. The van der Waals surface area contributed by atoms with E-state index in [0.29, 0.717) is 0 Å². The second-order valence-electron chi connectivity index (χ2n) is 6.89. The minimum absolute atomic E-state index is 0. The maximum absolute atomic E-state index is 3.63. The van der Waals surface area contributed by atoms with E-state index in [1.165, 1.54) is 21.6 Å². The third-order valence-corrected chi connectivity index (χ3v) is 4.15. The quantitative estimate of drug-likeness (QED) is 0.651. The van der Waals surface area contributed by atoms with Crippen LogP contribution in [0.3, 0.4) is 0 Å². The van der Waals surface area contributed by atoms with Crippen LogP contribution >= 0.6 is 12.4 Å². The second kappa shape index (κ2) is 6.85. The van der Waals surface area contributed by atoms with Crippen LogP contribution in [0.25, 0.3) is 12.2 Å². The summed E-state index contributed by atoms with van der Waals surface area (Å²) in [6, 6.07) is 17.5. The minimum atomic E-state index is -0.111. The minimum Gasteiger partial charge on any atom is -0.189 e. The molecule has 0 radical (unpaired) electrons. The van der Waals surface area contributed by atoms with Gasteiger partial charge in [0.25, 0.3) is 0 Å². The standard InChI is InChI=1S/C20H21.ClH.Zr/c1-19(2,3)17-9-11-18(12-10-17)20(4)13-15-7-5-6-8-16(15)14-20;;/h5-13H,1-4H3;1H;/q-1;;. The van der Waals surface area contributed by atoms with Gasteiger partial charge in [0.1, 0.15) is 0 Å². The van der Waals surface area contributed by atoms with Crippen LogP contribution in [-0.2, 0) is 37.0 Å². The molecule has 2 heteroatoms. The molecule has 1 atom stereocenters. The smallest absolute Gasteiger partial charge is 0 e. The van der Waals surface area contributed by atoms with Gasteiger partial charge in [-0.05, 0) is 22.0 Å². The van der Waals surface area contributed by atoms with Gasteiger partial charge in [0.05, 0.1) is 0 Å². The molecule has 2 aromatic rings. The summed E-state index contributed by atoms with van der Waals surface area (Å²) in [4.78, 5) is 0. The van der Waals surface area contributed by atoms with Gasteiger partial charge in [-0.25, -0.2) is 0 Å². The molecule has 0 amide bonds.